The van der Waals surface area contributed by atoms with Crippen LogP contribution in [-0.4, -0.2) is 81.6 Å². The van der Waals surface area contributed by atoms with E-state index in [2.05, 4.69) is 31.5 Å². The Morgan fingerprint density at radius 2 is 1.76 bits per heavy atom. The average molecular weight is 613 g/mol. The van der Waals surface area contributed by atoms with Crippen molar-refractivity contribution in [1.29, 1.82) is 0 Å². The number of piperazine rings is 1. The fourth-order valence-electron chi connectivity index (χ4n) is 6.63. The maximum atomic E-state index is 13.9. The Bertz CT molecular complexity index is 1410. The van der Waals surface area contributed by atoms with Crippen LogP contribution in [0.4, 0.5) is 0 Å². The number of nitrogens with one attached hydrogen (secondary N) is 2. The molecular weight excluding hydrogens is 564 g/mol. The molecule has 2 aliphatic rings. The third-order valence-corrected chi connectivity index (χ3v) is 8.77. The Labute approximate surface area is 267 Å². The quantitative estimate of drug-likeness (QED) is 0.263. The van der Waals surface area contributed by atoms with Gasteiger partial charge >= 0.3 is 0 Å². The topological polar surface area (TPSA) is 124 Å². The molecule has 0 saturated carbocycles. The summed E-state index contributed by atoms with van der Waals surface area (Å²) in [5, 5.41) is 17.9. The number of aliphatic hydroxyl groups is 1. The number of hydrogen-bond acceptors (Lipinski definition) is 7. The number of pyridine rings is 1. The van der Waals surface area contributed by atoms with E-state index in [4.69, 9.17) is 5.73 Å². The van der Waals surface area contributed by atoms with Crippen LogP contribution in [-0.2, 0) is 29.0 Å². The van der Waals surface area contributed by atoms with Crippen LogP contribution >= 0.6 is 0 Å². The molecule has 0 bridgehead atoms. The zero-order valence-electron chi connectivity index (χ0n) is 26.7. The highest BCUT2D eigenvalue weighted by atomic mass is 16.3. The molecule has 9 nitrogen and oxygen atoms in total. The van der Waals surface area contributed by atoms with Crippen molar-refractivity contribution in [2.24, 2.45) is 11.7 Å². The van der Waals surface area contributed by atoms with Crippen molar-refractivity contribution >= 4 is 11.8 Å². The molecule has 1 aliphatic heterocycles. The fraction of sp³-hybridized carbons (Fsp3) is 0.472. The van der Waals surface area contributed by atoms with E-state index < -0.39 is 18.1 Å². The maximum absolute atomic E-state index is 13.9. The van der Waals surface area contributed by atoms with Gasteiger partial charge < -0.3 is 21.5 Å². The molecule has 0 radical (unpaired) electrons. The van der Waals surface area contributed by atoms with E-state index in [1.54, 1.807) is 6.20 Å². The second kappa shape index (κ2) is 14.6. The van der Waals surface area contributed by atoms with Crippen molar-refractivity contribution in [2.75, 3.05) is 26.2 Å². The highest BCUT2D eigenvalue weighted by molar-refractivity contribution is 5.83. The minimum atomic E-state index is -0.802. The summed E-state index contributed by atoms with van der Waals surface area (Å²) in [5.74, 6) is -0.632. The molecule has 2 aromatic carbocycles. The van der Waals surface area contributed by atoms with Gasteiger partial charge in [-0.2, -0.15) is 0 Å². The van der Waals surface area contributed by atoms with Gasteiger partial charge in [-0.15, -0.1) is 0 Å². The molecule has 2 amide bonds. The van der Waals surface area contributed by atoms with Gasteiger partial charge in [-0.3, -0.25) is 24.4 Å². The molecule has 240 valence electrons. The number of aliphatic hydroxyl groups excluding tert-OH is 1. The highest BCUT2D eigenvalue weighted by Crippen LogP contribution is 2.31. The maximum Gasteiger partial charge on any atom is 0.239 e. The second-order valence-electron chi connectivity index (χ2n) is 13.7. The molecule has 5 N–H and O–H groups in total. The van der Waals surface area contributed by atoms with Crippen LogP contribution in [0.2, 0.25) is 0 Å². The number of nitrogens with two attached hydrogens (primary N) is 1. The third-order valence-electron chi connectivity index (χ3n) is 8.77. The van der Waals surface area contributed by atoms with Gasteiger partial charge in [0.2, 0.25) is 11.8 Å². The van der Waals surface area contributed by atoms with Crippen LogP contribution in [0.25, 0.3) is 0 Å². The minimum Gasteiger partial charge on any atom is -0.392 e. The number of amides is 2. The molecule has 5 atom stereocenters. The summed E-state index contributed by atoms with van der Waals surface area (Å²) < 4.78 is 0. The first-order valence-corrected chi connectivity index (χ1v) is 16.1. The number of β-amino-alcohol motifs (C(OH)–C–C–N with tert-alkyl or cyclic N) is 1. The standard InChI is InChI=1S/C36H48N6O3/c1-36(2,3)40-35(45)32-24-41(22-26-12-9-15-38-21-26)16-17-42(32)23-29(43)19-28(18-25-10-5-4-6-11-25)34(44)39-33-30-14-8-7-13-27(30)20-31(33)37/h4-15,21,28-29,31-33,43H,16-20,22-24,37H2,1-3H3,(H,39,44)(H,40,45)/t28-,29+,31-,32+,33+/m1/s1. The molecule has 5 rings (SSSR count). The van der Waals surface area contributed by atoms with Gasteiger partial charge in [0.25, 0.3) is 0 Å². The largest absolute Gasteiger partial charge is 0.392 e. The first-order valence-electron chi connectivity index (χ1n) is 16.1. The van der Waals surface area contributed by atoms with Gasteiger partial charge in [0.15, 0.2) is 0 Å². The Morgan fingerprint density at radius 3 is 2.49 bits per heavy atom. The Hall–Kier alpha value is -3.63. The zero-order chi connectivity index (χ0) is 32.0. The van der Waals surface area contributed by atoms with Gasteiger partial charge in [0.05, 0.1) is 12.1 Å². The summed E-state index contributed by atoms with van der Waals surface area (Å²) in [6.07, 6.45) is 4.31. The van der Waals surface area contributed by atoms with Crippen LogP contribution in [0, 0.1) is 5.92 Å². The smallest absolute Gasteiger partial charge is 0.239 e. The predicted molar refractivity (Wildman–Crippen MR) is 176 cm³/mol. The summed E-state index contributed by atoms with van der Waals surface area (Å²) >= 11 is 0. The first-order chi connectivity index (χ1) is 21.6. The van der Waals surface area contributed by atoms with Crippen LogP contribution in [0.3, 0.4) is 0 Å². The van der Waals surface area contributed by atoms with Crippen molar-refractivity contribution in [2.45, 2.75) is 76.3 Å². The third kappa shape index (κ3) is 8.98. The molecule has 1 fully saturated rings. The molecule has 1 saturated heterocycles. The lowest BCUT2D eigenvalue weighted by Gasteiger charge is -2.42. The summed E-state index contributed by atoms with van der Waals surface area (Å²) in [6.45, 7) is 8.85. The van der Waals surface area contributed by atoms with Crippen molar-refractivity contribution in [1.82, 2.24) is 25.4 Å². The summed E-state index contributed by atoms with van der Waals surface area (Å²) in [6, 6.07) is 21.1. The number of carbonyl (C=O) groups is 2. The number of benzene rings is 2. The fourth-order valence-corrected chi connectivity index (χ4v) is 6.63. The highest BCUT2D eigenvalue weighted by Gasteiger charge is 2.37. The molecular formula is C36H48N6O3. The first kappa shape index (κ1) is 32.8. The summed E-state index contributed by atoms with van der Waals surface area (Å²) in [7, 11) is 0. The number of carbonyl (C=O) groups excluding carboxylic acids is 2. The Kier molecular flexibility index (Phi) is 10.7. The van der Waals surface area contributed by atoms with E-state index in [0.717, 1.165) is 35.2 Å². The normalized spacial score (nSPS) is 21.9. The van der Waals surface area contributed by atoms with Crippen LogP contribution in [0.5, 0.6) is 0 Å². The molecule has 1 aromatic heterocycles. The van der Waals surface area contributed by atoms with Crippen LogP contribution < -0.4 is 16.4 Å². The minimum absolute atomic E-state index is 0.0574. The lowest BCUT2D eigenvalue weighted by Crippen LogP contribution is -2.61. The van der Waals surface area contributed by atoms with Crippen LogP contribution in [0.15, 0.2) is 79.1 Å². The van der Waals surface area contributed by atoms with Gasteiger partial charge in [0.1, 0.15) is 6.04 Å². The van der Waals surface area contributed by atoms with Gasteiger partial charge in [-0.1, -0.05) is 60.7 Å². The second-order valence-corrected chi connectivity index (χ2v) is 13.7. The summed E-state index contributed by atoms with van der Waals surface area (Å²) in [4.78, 5) is 36.0. The average Bonchev–Trinajstić information content (AvgIpc) is 3.32. The molecule has 2 heterocycles. The SMILES string of the molecule is CC(C)(C)NC(=O)[C@@H]1CN(Cc2cccnc2)CCN1C[C@@H](O)C[C@@H](Cc1ccccc1)C(=O)N[C@H]1c2ccccc2C[C@H]1N. The monoisotopic (exact) mass is 612 g/mol. The Morgan fingerprint density at radius 1 is 1.02 bits per heavy atom. The Balaban J connectivity index is 1.29. The number of fused-ring (bicyclic) bond motifs is 1. The zero-order valence-corrected chi connectivity index (χ0v) is 26.7. The van der Waals surface area contributed by atoms with E-state index in [9.17, 15) is 14.7 Å². The van der Waals surface area contributed by atoms with Gasteiger partial charge in [-0.25, -0.2) is 0 Å². The molecule has 1 aliphatic carbocycles. The lowest BCUT2D eigenvalue weighted by molar-refractivity contribution is -0.132. The molecule has 45 heavy (non-hydrogen) atoms. The van der Waals surface area contributed by atoms with E-state index in [-0.39, 0.29) is 35.9 Å². The molecule has 9 heteroatoms. The number of aromatic nitrogens is 1. The predicted octanol–water partition coefficient (Wildman–Crippen LogP) is 2.83. The number of nitrogens with zero attached hydrogens (tertiary/aromatic N) is 3. The molecule has 3 aromatic rings. The number of rotatable bonds is 11. The van der Waals surface area contributed by atoms with Gasteiger partial charge in [0, 0.05) is 62.6 Å². The lowest BCUT2D eigenvalue weighted by atomic mass is 9.91. The summed E-state index contributed by atoms with van der Waals surface area (Å²) in [5.41, 5.74) is 10.5. The van der Waals surface area contributed by atoms with Crippen molar-refractivity contribution < 1.29 is 14.7 Å². The van der Waals surface area contributed by atoms with Crippen molar-refractivity contribution in [3.63, 3.8) is 0 Å². The van der Waals surface area contributed by atoms with Crippen molar-refractivity contribution in [3.8, 4) is 0 Å². The van der Waals surface area contributed by atoms with Crippen LogP contribution in [0.1, 0.15) is 55.5 Å². The van der Waals surface area contributed by atoms with E-state index in [1.807, 2.05) is 87.6 Å². The van der Waals surface area contributed by atoms with Crippen molar-refractivity contribution in [3.05, 3.63) is 101 Å². The number of hydrogen-bond donors (Lipinski definition) is 4. The van der Waals surface area contributed by atoms with E-state index >= 15 is 0 Å². The molecule has 0 spiro atoms. The van der Waals surface area contributed by atoms with E-state index in [1.165, 1.54) is 0 Å². The molecule has 0 unspecified atom stereocenters. The van der Waals surface area contributed by atoms with E-state index in [0.29, 0.717) is 32.6 Å². The van der Waals surface area contributed by atoms with Gasteiger partial charge in [-0.05, 0) is 68.4 Å².